The number of phosphoric acid groups is 1. The van der Waals surface area contributed by atoms with Crippen LogP contribution in [0, 0.1) is 0 Å². The van der Waals surface area contributed by atoms with E-state index in [-0.39, 0.29) is 32.7 Å². The monoisotopic (exact) mass is 875 g/mol. The number of hydrogen-bond acceptors (Lipinski definition) is 8. The second-order valence-corrected chi connectivity index (χ2v) is 17.6. The molecule has 0 aliphatic heterocycles. The highest BCUT2D eigenvalue weighted by atomic mass is 31.2. The SMILES string of the molecule is CCCCC/C=C\C/C=C\C/C=C\C/C=C\CCCCCC(=O)O[C@H](COC(=O)CCC/C=C\C/C=C\C/C=C\C/C=C\CCCCCO)COP(=O)(O)OCC[N+](C)(C)C. The van der Waals surface area contributed by atoms with Gasteiger partial charge in [0.1, 0.15) is 19.8 Å². The van der Waals surface area contributed by atoms with Crippen LogP contribution in [0.3, 0.4) is 0 Å². The van der Waals surface area contributed by atoms with Gasteiger partial charge in [0.15, 0.2) is 6.10 Å². The Morgan fingerprint density at radius 2 is 0.967 bits per heavy atom. The van der Waals surface area contributed by atoms with Crippen LogP contribution in [-0.4, -0.2) is 86.6 Å². The summed E-state index contributed by atoms with van der Waals surface area (Å²) in [4.78, 5) is 35.4. The van der Waals surface area contributed by atoms with Crippen molar-refractivity contribution in [3.63, 3.8) is 0 Å². The summed E-state index contributed by atoms with van der Waals surface area (Å²) in [5.41, 5.74) is 0. The van der Waals surface area contributed by atoms with Gasteiger partial charge in [0.2, 0.25) is 0 Å². The maximum absolute atomic E-state index is 12.7. The molecule has 2 N–H and O–H groups in total. The molecule has 0 bridgehead atoms. The molecule has 0 aliphatic rings. The molecule has 11 heteroatoms. The van der Waals surface area contributed by atoms with Crippen LogP contribution in [0.15, 0.2) is 97.2 Å². The molecular formula is C50H85NO9P+. The van der Waals surface area contributed by atoms with Crippen LogP contribution in [0.4, 0.5) is 0 Å². The van der Waals surface area contributed by atoms with E-state index < -0.39 is 32.5 Å². The van der Waals surface area contributed by atoms with E-state index in [1.807, 2.05) is 27.2 Å². The van der Waals surface area contributed by atoms with E-state index >= 15 is 0 Å². The minimum atomic E-state index is -4.41. The van der Waals surface area contributed by atoms with Crippen molar-refractivity contribution in [2.75, 3.05) is 54.1 Å². The van der Waals surface area contributed by atoms with Crippen LogP contribution < -0.4 is 0 Å². The first-order valence-electron chi connectivity index (χ1n) is 23.1. The zero-order valence-electron chi connectivity index (χ0n) is 38.6. The van der Waals surface area contributed by atoms with Gasteiger partial charge in [0, 0.05) is 19.4 Å². The largest absolute Gasteiger partial charge is 0.472 e. The van der Waals surface area contributed by atoms with Gasteiger partial charge in [-0.15, -0.1) is 0 Å². The minimum absolute atomic E-state index is 0.00642. The number of quaternary nitrogens is 1. The second kappa shape index (κ2) is 42.2. The van der Waals surface area contributed by atoms with E-state index in [9.17, 15) is 19.0 Å². The Hall–Kier alpha value is -3.11. The number of carbonyl (C=O) groups excluding carboxylic acids is 2. The summed E-state index contributed by atoms with van der Waals surface area (Å²) in [7, 11) is 1.39. The highest BCUT2D eigenvalue weighted by Crippen LogP contribution is 2.43. The lowest BCUT2D eigenvalue weighted by Gasteiger charge is -2.24. The van der Waals surface area contributed by atoms with Gasteiger partial charge in [-0.3, -0.25) is 18.6 Å². The average Bonchev–Trinajstić information content (AvgIpc) is 3.21. The predicted octanol–water partition coefficient (Wildman–Crippen LogP) is 12.3. The van der Waals surface area contributed by atoms with Crippen LogP contribution >= 0.6 is 7.82 Å². The number of rotatable bonds is 41. The Morgan fingerprint density at radius 3 is 1.43 bits per heavy atom. The van der Waals surface area contributed by atoms with Crippen molar-refractivity contribution < 1.29 is 47.2 Å². The molecule has 1 unspecified atom stereocenters. The lowest BCUT2D eigenvalue weighted by molar-refractivity contribution is -0.870. The molecule has 0 aromatic heterocycles. The summed E-state index contributed by atoms with van der Waals surface area (Å²) in [6.45, 7) is 2.27. The minimum Gasteiger partial charge on any atom is -0.462 e. The number of aliphatic hydroxyl groups excluding tert-OH is 1. The first-order chi connectivity index (χ1) is 29.5. The summed E-state index contributed by atoms with van der Waals surface area (Å²) in [6, 6.07) is 0. The quantitative estimate of drug-likeness (QED) is 0.0203. The first-order valence-corrected chi connectivity index (χ1v) is 24.6. The van der Waals surface area contributed by atoms with Gasteiger partial charge in [-0.2, -0.15) is 0 Å². The maximum Gasteiger partial charge on any atom is 0.472 e. The van der Waals surface area contributed by atoms with Crippen LogP contribution in [-0.2, 0) is 32.7 Å². The number of ether oxygens (including phenoxy) is 2. The van der Waals surface area contributed by atoms with Crippen LogP contribution in [0.2, 0.25) is 0 Å². The molecule has 0 saturated heterocycles. The number of phosphoric ester groups is 1. The molecule has 0 radical (unpaired) electrons. The van der Waals surface area contributed by atoms with Gasteiger partial charge in [0.05, 0.1) is 27.7 Å². The highest BCUT2D eigenvalue weighted by Gasteiger charge is 2.27. The molecule has 0 rings (SSSR count). The molecule has 0 aromatic rings. The van der Waals surface area contributed by atoms with Crippen molar-refractivity contribution in [3.8, 4) is 0 Å². The molecule has 0 spiro atoms. The van der Waals surface area contributed by atoms with Crippen molar-refractivity contribution in [2.45, 2.75) is 154 Å². The predicted molar refractivity (Wildman–Crippen MR) is 253 cm³/mol. The fraction of sp³-hybridized carbons (Fsp3) is 0.640. The number of esters is 2. The smallest absolute Gasteiger partial charge is 0.462 e. The van der Waals surface area contributed by atoms with Crippen molar-refractivity contribution in [1.29, 1.82) is 0 Å². The molecule has 0 amide bonds. The Morgan fingerprint density at radius 1 is 0.541 bits per heavy atom. The van der Waals surface area contributed by atoms with E-state index in [0.29, 0.717) is 23.9 Å². The fourth-order valence-corrected chi connectivity index (χ4v) is 6.24. The Balaban J connectivity index is 4.51. The lowest BCUT2D eigenvalue weighted by Crippen LogP contribution is -2.37. The topological polar surface area (TPSA) is 129 Å². The number of hydrogen-bond donors (Lipinski definition) is 2. The summed E-state index contributed by atoms with van der Waals surface area (Å²) in [5.74, 6) is -0.925. The second-order valence-electron chi connectivity index (χ2n) is 16.2. The molecule has 0 fully saturated rings. The summed E-state index contributed by atoms with van der Waals surface area (Å²) < 4.78 is 34.2. The maximum atomic E-state index is 12.7. The van der Waals surface area contributed by atoms with Crippen molar-refractivity contribution in [3.05, 3.63) is 97.2 Å². The number of allylic oxidation sites excluding steroid dienone is 16. The molecule has 0 aliphatic carbocycles. The van der Waals surface area contributed by atoms with Gasteiger partial charge >= 0.3 is 19.8 Å². The van der Waals surface area contributed by atoms with Gasteiger partial charge in [-0.05, 0) is 103 Å². The van der Waals surface area contributed by atoms with Crippen LogP contribution in [0.25, 0.3) is 0 Å². The molecule has 0 saturated carbocycles. The number of likely N-dealkylation sites (N-methyl/N-ethyl adjacent to an activating group) is 1. The molecule has 61 heavy (non-hydrogen) atoms. The average molecular weight is 875 g/mol. The third kappa shape index (κ3) is 46.2. The van der Waals surface area contributed by atoms with E-state index in [1.54, 1.807) is 0 Å². The summed E-state index contributed by atoms with van der Waals surface area (Å²) in [5, 5.41) is 8.80. The van der Waals surface area contributed by atoms with Gasteiger partial charge in [-0.1, -0.05) is 130 Å². The molecule has 10 nitrogen and oxygen atoms in total. The van der Waals surface area contributed by atoms with E-state index in [4.69, 9.17) is 23.6 Å². The summed E-state index contributed by atoms with van der Waals surface area (Å²) in [6.07, 6.45) is 53.3. The number of unbranched alkanes of at least 4 members (excludes halogenated alkanes) is 10. The molecule has 0 heterocycles. The Labute approximate surface area is 371 Å². The van der Waals surface area contributed by atoms with E-state index in [1.165, 1.54) is 25.7 Å². The normalized spacial score (nSPS) is 14.4. The van der Waals surface area contributed by atoms with Crippen molar-refractivity contribution in [2.24, 2.45) is 0 Å². The number of aliphatic hydroxyl groups is 1. The molecule has 348 valence electrons. The van der Waals surface area contributed by atoms with Gasteiger partial charge in [-0.25, -0.2) is 4.57 Å². The fourth-order valence-electron chi connectivity index (χ4n) is 5.50. The number of carbonyl (C=O) groups is 2. The zero-order chi connectivity index (χ0) is 45.0. The highest BCUT2D eigenvalue weighted by molar-refractivity contribution is 7.47. The first kappa shape index (κ1) is 57.9. The summed E-state index contributed by atoms with van der Waals surface area (Å²) >= 11 is 0. The van der Waals surface area contributed by atoms with Crippen LogP contribution in [0.5, 0.6) is 0 Å². The van der Waals surface area contributed by atoms with E-state index in [2.05, 4.69) is 98.1 Å². The zero-order valence-corrected chi connectivity index (χ0v) is 39.4. The Bertz CT molecular complexity index is 1360. The van der Waals surface area contributed by atoms with E-state index in [0.717, 1.165) is 89.9 Å². The van der Waals surface area contributed by atoms with Crippen molar-refractivity contribution in [1.82, 2.24) is 0 Å². The molecular weight excluding hydrogens is 790 g/mol. The lowest BCUT2D eigenvalue weighted by atomic mass is 10.1. The Kier molecular flexibility index (Phi) is 40.1. The third-order valence-corrected chi connectivity index (χ3v) is 10.1. The van der Waals surface area contributed by atoms with Gasteiger partial charge < -0.3 is 24.0 Å². The van der Waals surface area contributed by atoms with Gasteiger partial charge in [0.25, 0.3) is 0 Å². The standard InChI is InChI=1S/C50H84NO9P/c1-5-6-7-8-9-10-11-12-13-14-15-17-21-24-27-30-33-36-39-42-50(54)60-48(47-59-61(55,56)58-45-43-51(2,3)4)46-57-49(53)41-38-35-32-29-26-23-20-18-16-19-22-25-28-31-34-37-40-44-52/h9-10,12-13,15-17,19-20,23-25,27-29,32,48,52H,5-8,11,14,18,21-22,26,30-31,33-47H2,1-4H3/p+1/b10-9-,13-12-,17-15-,19-16-,23-20-,27-24-,28-25-,32-29-/t48-/m1/s1. The molecule has 0 aromatic carbocycles. The third-order valence-electron chi connectivity index (χ3n) is 9.14. The number of nitrogens with zero attached hydrogens (tertiary/aromatic N) is 1. The molecule has 2 atom stereocenters. The van der Waals surface area contributed by atoms with Crippen molar-refractivity contribution >= 4 is 19.8 Å². The van der Waals surface area contributed by atoms with Crippen LogP contribution in [0.1, 0.15) is 148 Å².